The summed E-state index contributed by atoms with van der Waals surface area (Å²) in [6.45, 7) is 6.79. The van der Waals surface area contributed by atoms with Crippen LogP contribution in [0.25, 0.3) is 0 Å². The molecule has 4 nitrogen and oxygen atoms in total. The van der Waals surface area contributed by atoms with Crippen molar-refractivity contribution in [3.63, 3.8) is 0 Å². The molecule has 0 spiro atoms. The number of esters is 1. The minimum atomic E-state index is -0.200. The van der Waals surface area contributed by atoms with Crippen LogP contribution in [0.3, 0.4) is 0 Å². The zero-order chi connectivity index (χ0) is 16.9. The van der Waals surface area contributed by atoms with E-state index in [9.17, 15) is 4.79 Å². The van der Waals surface area contributed by atoms with Gasteiger partial charge in [0, 0.05) is 11.5 Å². The van der Waals surface area contributed by atoms with E-state index in [-0.39, 0.29) is 24.1 Å². The first-order chi connectivity index (χ1) is 11.4. The number of rotatable bonds is 1. The normalized spacial score (nSPS) is 19.0. The van der Waals surface area contributed by atoms with Gasteiger partial charge in [0.05, 0.1) is 6.42 Å². The molecule has 0 saturated heterocycles. The molecule has 124 valence electrons. The van der Waals surface area contributed by atoms with Gasteiger partial charge in [0.25, 0.3) is 0 Å². The molecule has 4 rings (SSSR count). The molecule has 2 aliphatic rings. The average molecular weight is 324 g/mol. The van der Waals surface area contributed by atoms with Gasteiger partial charge in [-0.3, -0.25) is 4.79 Å². The first-order valence-corrected chi connectivity index (χ1v) is 8.16. The highest BCUT2D eigenvalue weighted by molar-refractivity contribution is 5.78. The van der Waals surface area contributed by atoms with Gasteiger partial charge in [-0.05, 0) is 34.7 Å². The fourth-order valence-electron chi connectivity index (χ4n) is 3.25. The molecule has 0 unspecified atom stereocenters. The SMILES string of the molecule is CC(C)(C)c1ccc2c(c1)[C@@H](c1ccc3c(c1)OCO3)CC(=O)O2. The summed E-state index contributed by atoms with van der Waals surface area (Å²) in [7, 11) is 0. The van der Waals surface area contributed by atoms with Crippen LogP contribution in [0.4, 0.5) is 0 Å². The van der Waals surface area contributed by atoms with E-state index in [1.807, 2.05) is 30.3 Å². The van der Waals surface area contributed by atoms with Crippen LogP contribution < -0.4 is 14.2 Å². The van der Waals surface area contributed by atoms with E-state index < -0.39 is 0 Å². The van der Waals surface area contributed by atoms with Gasteiger partial charge < -0.3 is 14.2 Å². The van der Waals surface area contributed by atoms with Crippen molar-refractivity contribution in [3.8, 4) is 17.2 Å². The Kier molecular flexibility index (Phi) is 3.30. The molecule has 24 heavy (non-hydrogen) atoms. The summed E-state index contributed by atoms with van der Waals surface area (Å²) >= 11 is 0. The van der Waals surface area contributed by atoms with Gasteiger partial charge in [-0.25, -0.2) is 0 Å². The summed E-state index contributed by atoms with van der Waals surface area (Å²) in [5.41, 5.74) is 3.37. The number of hydrogen-bond donors (Lipinski definition) is 0. The van der Waals surface area contributed by atoms with Gasteiger partial charge in [0.2, 0.25) is 6.79 Å². The zero-order valence-corrected chi connectivity index (χ0v) is 14.1. The van der Waals surface area contributed by atoms with Crippen molar-refractivity contribution < 1.29 is 19.0 Å². The molecule has 0 aromatic heterocycles. The van der Waals surface area contributed by atoms with Gasteiger partial charge in [-0.1, -0.05) is 39.0 Å². The molecule has 0 amide bonds. The second-order valence-corrected chi connectivity index (χ2v) is 7.35. The van der Waals surface area contributed by atoms with Crippen molar-refractivity contribution in [1.29, 1.82) is 0 Å². The first-order valence-electron chi connectivity index (χ1n) is 8.16. The van der Waals surface area contributed by atoms with Crippen molar-refractivity contribution in [3.05, 3.63) is 53.1 Å². The lowest BCUT2D eigenvalue weighted by Gasteiger charge is -2.28. The Balaban J connectivity index is 1.81. The smallest absolute Gasteiger partial charge is 0.312 e. The molecular weight excluding hydrogens is 304 g/mol. The lowest BCUT2D eigenvalue weighted by molar-refractivity contribution is -0.135. The summed E-state index contributed by atoms with van der Waals surface area (Å²) in [5, 5.41) is 0. The molecule has 2 heterocycles. The van der Waals surface area contributed by atoms with Crippen LogP contribution in [0.15, 0.2) is 36.4 Å². The third kappa shape index (κ3) is 2.52. The molecule has 2 aromatic carbocycles. The number of carbonyl (C=O) groups is 1. The van der Waals surface area contributed by atoms with Gasteiger partial charge in [-0.2, -0.15) is 0 Å². The van der Waals surface area contributed by atoms with Gasteiger partial charge in [-0.15, -0.1) is 0 Å². The summed E-state index contributed by atoms with van der Waals surface area (Å²) in [6, 6.07) is 12.0. The second-order valence-electron chi connectivity index (χ2n) is 7.35. The predicted octanol–water partition coefficient (Wildman–Crippen LogP) is 4.15. The molecule has 0 fully saturated rings. The Morgan fingerprint density at radius 1 is 0.958 bits per heavy atom. The minimum absolute atomic E-state index is 0.0296. The van der Waals surface area contributed by atoms with E-state index in [0.717, 1.165) is 22.6 Å². The fraction of sp³-hybridized carbons (Fsp3) is 0.350. The molecule has 0 N–H and O–H groups in total. The summed E-state index contributed by atoms with van der Waals surface area (Å²) in [6.07, 6.45) is 0.334. The molecule has 0 radical (unpaired) electrons. The highest BCUT2D eigenvalue weighted by atomic mass is 16.7. The lowest BCUT2D eigenvalue weighted by Crippen LogP contribution is -2.22. The second kappa shape index (κ2) is 5.26. The molecule has 4 heteroatoms. The minimum Gasteiger partial charge on any atom is -0.454 e. The van der Waals surface area contributed by atoms with E-state index >= 15 is 0 Å². The van der Waals surface area contributed by atoms with Crippen molar-refractivity contribution >= 4 is 5.97 Å². The Morgan fingerprint density at radius 3 is 2.50 bits per heavy atom. The molecule has 1 atom stereocenters. The highest BCUT2D eigenvalue weighted by Crippen LogP contribution is 2.43. The van der Waals surface area contributed by atoms with E-state index in [0.29, 0.717) is 12.2 Å². The third-order valence-corrected chi connectivity index (χ3v) is 4.64. The molecular formula is C20H20O4. The Morgan fingerprint density at radius 2 is 1.71 bits per heavy atom. The van der Waals surface area contributed by atoms with Crippen LogP contribution >= 0.6 is 0 Å². The maximum atomic E-state index is 12.0. The number of benzene rings is 2. The number of fused-ring (bicyclic) bond motifs is 2. The zero-order valence-electron chi connectivity index (χ0n) is 14.1. The Bertz CT molecular complexity index is 817. The van der Waals surface area contributed by atoms with Gasteiger partial charge in [0.15, 0.2) is 11.5 Å². The third-order valence-electron chi connectivity index (χ3n) is 4.64. The van der Waals surface area contributed by atoms with E-state index in [1.165, 1.54) is 5.56 Å². The van der Waals surface area contributed by atoms with Crippen LogP contribution in [0.1, 0.15) is 49.8 Å². The van der Waals surface area contributed by atoms with Crippen LogP contribution in [-0.4, -0.2) is 12.8 Å². The quantitative estimate of drug-likeness (QED) is 0.584. The number of hydrogen-bond acceptors (Lipinski definition) is 4. The van der Waals surface area contributed by atoms with Crippen LogP contribution in [0, 0.1) is 0 Å². The maximum absolute atomic E-state index is 12.0. The van der Waals surface area contributed by atoms with Crippen LogP contribution in [-0.2, 0) is 10.2 Å². The van der Waals surface area contributed by atoms with E-state index in [4.69, 9.17) is 14.2 Å². The monoisotopic (exact) mass is 324 g/mol. The molecule has 0 saturated carbocycles. The first kappa shape index (κ1) is 15.1. The number of ether oxygens (including phenoxy) is 3. The highest BCUT2D eigenvalue weighted by Gasteiger charge is 2.31. The Labute approximate surface area is 141 Å². The van der Waals surface area contributed by atoms with Crippen molar-refractivity contribution in [2.45, 2.75) is 38.5 Å². The lowest BCUT2D eigenvalue weighted by atomic mass is 9.81. The summed E-state index contributed by atoms with van der Waals surface area (Å²) in [5.74, 6) is 1.91. The van der Waals surface area contributed by atoms with E-state index in [1.54, 1.807) is 0 Å². The molecule has 0 bridgehead atoms. The van der Waals surface area contributed by atoms with Crippen LogP contribution in [0.2, 0.25) is 0 Å². The van der Waals surface area contributed by atoms with Gasteiger partial charge >= 0.3 is 5.97 Å². The van der Waals surface area contributed by atoms with Crippen LogP contribution in [0.5, 0.6) is 17.2 Å². The van der Waals surface area contributed by atoms with Crippen molar-refractivity contribution in [2.75, 3.05) is 6.79 Å². The largest absolute Gasteiger partial charge is 0.454 e. The number of carbonyl (C=O) groups excluding carboxylic acids is 1. The maximum Gasteiger partial charge on any atom is 0.312 e. The molecule has 0 aliphatic carbocycles. The van der Waals surface area contributed by atoms with Gasteiger partial charge in [0.1, 0.15) is 5.75 Å². The standard InChI is InChI=1S/C20H20O4/c1-20(2,3)13-5-7-16-15(9-13)14(10-19(21)24-16)12-4-6-17-18(8-12)23-11-22-17/h4-9,14H,10-11H2,1-3H3/t14-/m1/s1. The molecule has 2 aromatic rings. The summed E-state index contributed by atoms with van der Waals surface area (Å²) in [4.78, 5) is 12.0. The van der Waals surface area contributed by atoms with Crippen molar-refractivity contribution in [2.24, 2.45) is 0 Å². The average Bonchev–Trinajstić information content (AvgIpc) is 3.00. The molecule has 2 aliphatic heterocycles. The summed E-state index contributed by atoms with van der Waals surface area (Å²) < 4.78 is 16.3. The topological polar surface area (TPSA) is 44.8 Å². The fourth-order valence-corrected chi connectivity index (χ4v) is 3.25. The van der Waals surface area contributed by atoms with Crippen molar-refractivity contribution in [1.82, 2.24) is 0 Å². The Hall–Kier alpha value is -2.49. The van der Waals surface area contributed by atoms with E-state index in [2.05, 4.69) is 26.8 Å². The predicted molar refractivity (Wildman–Crippen MR) is 89.8 cm³/mol.